The lowest BCUT2D eigenvalue weighted by Gasteiger charge is -2.25. The van der Waals surface area contributed by atoms with Crippen molar-refractivity contribution in [2.75, 3.05) is 38.4 Å². The summed E-state index contributed by atoms with van der Waals surface area (Å²) in [6.07, 6.45) is 2.72. The quantitative estimate of drug-likeness (QED) is 0.806. The molecule has 0 aromatic heterocycles. The molecule has 1 aromatic carbocycles. The Morgan fingerprint density at radius 2 is 1.88 bits per heavy atom. The second-order valence-electron chi connectivity index (χ2n) is 5.64. The van der Waals surface area contributed by atoms with E-state index in [9.17, 15) is 13.2 Å². The van der Waals surface area contributed by atoms with Crippen LogP contribution in [0.3, 0.4) is 0 Å². The number of ether oxygens (including phenoxy) is 2. The van der Waals surface area contributed by atoms with E-state index in [1.54, 1.807) is 18.2 Å². The summed E-state index contributed by atoms with van der Waals surface area (Å²) < 4.78 is 36.3. The Morgan fingerprint density at radius 1 is 1.17 bits per heavy atom. The molecule has 8 heteroatoms. The maximum absolute atomic E-state index is 12.3. The van der Waals surface area contributed by atoms with Gasteiger partial charge in [-0.1, -0.05) is 6.42 Å². The molecule has 1 amide bonds. The van der Waals surface area contributed by atoms with Crippen molar-refractivity contribution < 1.29 is 22.7 Å². The van der Waals surface area contributed by atoms with E-state index >= 15 is 0 Å². The van der Waals surface area contributed by atoms with Gasteiger partial charge in [0.05, 0.1) is 25.7 Å². The maximum Gasteiger partial charge on any atom is 0.225 e. The van der Waals surface area contributed by atoms with E-state index in [1.165, 1.54) is 18.5 Å². The zero-order valence-corrected chi connectivity index (χ0v) is 14.9. The fourth-order valence-electron chi connectivity index (χ4n) is 2.62. The zero-order valence-electron chi connectivity index (χ0n) is 14.1. The standard InChI is InChI=1S/C16H24N2O5S/c1-22-13-6-7-15(23-2)14(12-13)17-16(19)8-11-24(20,21)18-9-4-3-5-10-18/h6-7,12H,3-5,8-11H2,1-2H3,(H,17,19). The van der Waals surface area contributed by atoms with E-state index in [0.717, 1.165) is 19.3 Å². The number of sulfonamides is 1. The third-order valence-corrected chi connectivity index (χ3v) is 5.85. The number of piperidine rings is 1. The molecule has 1 heterocycles. The predicted octanol–water partition coefficient (Wildman–Crippen LogP) is 1.85. The molecule has 1 aliphatic heterocycles. The minimum absolute atomic E-state index is 0.0980. The van der Waals surface area contributed by atoms with Gasteiger partial charge < -0.3 is 14.8 Å². The van der Waals surface area contributed by atoms with Crippen LogP contribution < -0.4 is 14.8 Å². The number of nitrogens with one attached hydrogen (secondary N) is 1. The maximum atomic E-state index is 12.3. The summed E-state index contributed by atoms with van der Waals surface area (Å²) in [6, 6.07) is 5.03. The number of hydrogen-bond acceptors (Lipinski definition) is 5. The third kappa shape index (κ3) is 4.85. The first-order valence-corrected chi connectivity index (χ1v) is 9.57. The first kappa shape index (κ1) is 18.5. The third-order valence-electron chi connectivity index (χ3n) is 3.98. The van der Waals surface area contributed by atoms with E-state index in [2.05, 4.69) is 5.32 Å². The van der Waals surface area contributed by atoms with Crippen LogP contribution in [0.1, 0.15) is 25.7 Å². The highest BCUT2D eigenvalue weighted by molar-refractivity contribution is 7.89. The average Bonchev–Trinajstić information content (AvgIpc) is 2.60. The number of amides is 1. The molecule has 0 saturated carbocycles. The summed E-state index contributed by atoms with van der Waals surface area (Å²) in [5.74, 6) is 0.502. The van der Waals surface area contributed by atoms with Gasteiger partial charge in [-0.25, -0.2) is 12.7 Å². The van der Waals surface area contributed by atoms with Crippen molar-refractivity contribution in [1.29, 1.82) is 0 Å². The van der Waals surface area contributed by atoms with E-state index in [0.29, 0.717) is 30.3 Å². The Bertz CT molecular complexity index is 669. The average molecular weight is 356 g/mol. The molecule has 1 aromatic rings. The molecule has 0 bridgehead atoms. The molecule has 0 aliphatic carbocycles. The number of carbonyl (C=O) groups excluding carboxylic acids is 1. The highest BCUT2D eigenvalue weighted by Crippen LogP contribution is 2.29. The van der Waals surface area contributed by atoms with Crippen LogP contribution in [0.15, 0.2) is 18.2 Å². The Labute approximate surface area is 143 Å². The minimum atomic E-state index is -3.38. The molecule has 7 nitrogen and oxygen atoms in total. The minimum Gasteiger partial charge on any atom is -0.497 e. The second-order valence-corrected chi connectivity index (χ2v) is 7.73. The Kier molecular flexibility index (Phi) is 6.44. The number of carbonyl (C=O) groups is 1. The van der Waals surface area contributed by atoms with Crippen molar-refractivity contribution in [3.8, 4) is 11.5 Å². The van der Waals surface area contributed by atoms with Crippen LogP contribution >= 0.6 is 0 Å². The first-order chi connectivity index (χ1) is 11.5. The number of methoxy groups -OCH3 is 2. The van der Waals surface area contributed by atoms with Gasteiger partial charge in [0.15, 0.2) is 0 Å². The van der Waals surface area contributed by atoms with Gasteiger partial charge in [-0.3, -0.25) is 4.79 Å². The van der Waals surface area contributed by atoms with Gasteiger partial charge in [-0.15, -0.1) is 0 Å². The van der Waals surface area contributed by atoms with Crippen LogP contribution in [0.5, 0.6) is 11.5 Å². The summed E-state index contributed by atoms with van der Waals surface area (Å²) in [5, 5.41) is 2.68. The molecular weight excluding hydrogens is 332 g/mol. The summed E-state index contributed by atoms with van der Waals surface area (Å²) in [7, 11) is -0.358. The summed E-state index contributed by atoms with van der Waals surface area (Å²) in [6.45, 7) is 1.10. The molecule has 1 saturated heterocycles. The molecular formula is C16H24N2O5S. The van der Waals surface area contributed by atoms with Crippen molar-refractivity contribution in [3.05, 3.63) is 18.2 Å². The Morgan fingerprint density at radius 3 is 2.50 bits per heavy atom. The van der Waals surface area contributed by atoms with E-state index in [1.807, 2.05) is 0 Å². The van der Waals surface area contributed by atoms with Crippen molar-refractivity contribution >= 4 is 21.6 Å². The lowest BCUT2D eigenvalue weighted by atomic mass is 10.2. The SMILES string of the molecule is COc1ccc(OC)c(NC(=O)CCS(=O)(=O)N2CCCCC2)c1. The first-order valence-electron chi connectivity index (χ1n) is 7.96. The van der Waals surface area contributed by atoms with E-state index in [4.69, 9.17) is 9.47 Å². The van der Waals surface area contributed by atoms with Crippen molar-refractivity contribution in [1.82, 2.24) is 4.31 Å². The van der Waals surface area contributed by atoms with Crippen LogP contribution in [0.25, 0.3) is 0 Å². The predicted molar refractivity (Wildman–Crippen MR) is 92.0 cm³/mol. The normalized spacial score (nSPS) is 15.8. The number of hydrogen-bond donors (Lipinski definition) is 1. The topological polar surface area (TPSA) is 84.9 Å². The monoisotopic (exact) mass is 356 g/mol. The Balaban J connectivity index is 1.95. The lowest BCUT2D eigenvalue weighted by Crippen LogP contribution is -2.37. The molecule has 0 radical (unpaired) electrons. The molecule has 2 rings (SSSR count). The van der Waals surface area contributed by atoms with E-state index in [-0.39, 0.29) is 18.1 Å². The summed E-state index contributed by atoms with van der Waals surface area (Å²) in [5.41, 5.74) is 0.456. The molecule has 1 N–H and O–H groups in total. The van der Waals surface area contributed by atoms with Gasteiger partial charge in [0.25, 0.3) is 0 Å². The Hall–Kier alpha value is -1.80. The van der Waals surface area contributed by atoms with Crippen LogP contribution in [0.2, 0.25) is 0 Å². The van der Waals surface area contributed by atoms with Crippen molar-refractivity contribution in [2.24, 2.45) is 0 Å². The summed E-state index contributed by atoms with van der Waals surface area (Å²) in [4.78, 5) is 12.1. The number of benzene rings is 1. The highest BCUT2D eigenvalue weighted by atomic mass is 32.2. The van der Waals surface area contributed by atoms with Gasteiger partial charge in [-0.2, -0.15) is 0 Å². The van der Waals surface area contributed by atoms with Gasteiger partial charge in [0, 0.05) is 25.6 Å². The van der Waals surface area contributed by atoms with Crippen LogP contribution in [-0.4, -0.2) is 51.7 Å². The molecule has 24 heavy (non-hydrogen) atoms. The van der Waals surface area contributed by atoms with Crippen LogP contribution in [0.4, 0.5) is 5.69 Å². The fourth-order valence-corrected chi connectivity index (χ4v) is 4.13. The largest absolute Gasteiger partial charge is 0.497 e. The fraction of sp³-hybridized carbons (Fsp3) is 0.562. The zero-order chi connectivity index (χ0) is 17.6. The number of anilines is 1. The highest BCUT2D eigenvalue weighted by Gasteiger charge is 2.24. The van der Waals surface area contributed by atoms with E-state index < -0.39 is 10.0 Å². The lowest BCUT2D eigenvalue weighted by molar-refractivity contribution is -0.115. The number of nitrogens with zero attached hydrogens (tertiary/aromatic N) is 1. The van der Waals surface area contributed by atoms with Gasteiger partial charge in [0.2, 0.25) is 15.9 Å². The van der Waals surface area contributed by atoms with Crippen molar-refractivity contribution in [2.45, 2.75) is 25.7 Å². The number of rotatable bonds is 7. The molecule has 1 fully saturated rings. The molecule has 134 valence electrons. The van der Waals surface area contributed by atoms with Crippen molar-refractivity contribution in [3.63, 3.8) is 0 Å². The molecule has 0 spiro atoms. The van der Waals surface area contributed by atoms with Crippen LogP contribution in [-0.2, 0) is 14.8 Å². The smallest absolute Gasteiger partial charge is 0.225 e. The second kappa shape index (κ2) is 8.34. The summed E-state index contributed by atoms with van der Waals surface area (Å²) >= 11 is 0. The van der Waals surface area contributed by atoms with Crippen LogP contribution in [0, 0.1) is 0 Å². The van der Waals surface area contributed by atoms with Gasteiger partial charge in [-0.05, 0) is 25.0 Å². The molecule has 0 unspecified atom stereocenters. The molecule has 1 aliphatic rings. The van der Waals surface area contributed by atoms with Gasteiger partial charge in [0.1, 0.15) is 11.5 Å². The molecule has 0 atom stereocenters. The van der Waals surface area contributed by atoms with Gasteiger partial charge >= 0.3 is 0 Å².